The molecular weight excluding hydrogens is 268 g/mol. The van der Waals surface area contributed by atoms with E-state index in [1.807, 2.05) is 6.92 Å². The Kier molecular flexibility index (Phi) is 4.05. The Bertz CT molecular complexity index is 539. The van der Waals surface area contributed by atoms with Gasteiger partial charge in [0.1, 0.15) is 18.2 Å². The number of piperazine rings is 1. The molecule has 1 aromatic rings. The molecule has 2 heterocycles. The van der Waals surface area contributed by atoms with Crippen LogP contribution in [0.4, 0.5) is 5.82 Å². The van der Waals surface area contributed by atoms with Crippen molar-refractivity contribution in [2.75, 3.05) is 37.7 Å². The topological polar surface area (TPSA) is 69.6 Å². The average molecular weight is 290 g/mol. The first-order valence-corrected chi connectivity index (χ1v) is 7.69. The quantitative estimate of drug-likeness (QED) is 0.848. The first kappa shape index (κ1) is 14.3. The summed E-state index contributed by atoms with van der Waals surface area (Å²) < 4.78 is 0. The molecule has 114 valence electrons. The van der Waals surface area contributed by atoms with Crippen LogP contribution in [0.15, 0.2) is 0 Å². The van der Waals surface area contributed by atoms with Gasteiger partial charge >= 0.3 is 0 Å². The van der Waals surface area contributed by atoms with E-state index in [9.17, 15) is 4.79 Å². The van der Waals surface area contributed by atoms with Gasteiger partial charge in [-0.2, -0.15) is 0 Å². The van der Waals surface area contributed by atoms with Gasteiger partial charge in [-0.1, -0.05) is 0 Å². The van der Waals surface area contributed by atoms with Crippen molar-refractivity contribution in [1.82, 2.24) is 14.9 Å². The van der Waals surface area contributed by atoms with Crippen LogP contribution in [-0.2, 0) is 17.6 Å². The number of carbonyl (C=O) groups excluding carboxylic acids is 1. The fraction of sp³-hybridized carbons (Fsp3) is 0.667. The molecule has 1 aliphatic heterocycles. The lowest BCUT2D eigenvalue weighted by Crippen LogP contribution is -2.50. The third-order valence-corrected chi connectivity index (χ3v) is 4.34. The van der Waals surface area contributed by atoms with E-state index >= 15 is 0 Å². The van der Waals surface area contributed by atoms with Crippen LogP contribution >= 0.6 is 0 Å². The Morgan fingerprint density at radius 1 is 1.14 bits per heavy atom. The second-order valence-corrected chi connectivity index (χ2v) is 5.75. The number of hydrogen-bond donors (Lipinski definition) is 1. The predicted molar refractivity (Wildman–Crippen MR) is 79.3 cm³/mol. The second-order valence-electron chi connectivity index (χ2n) is 5.75. The Labute approximate surface area is 124 Å². The molecule has 2 aliphatic rings. The smallest absolute Gasteiger partial charge is 0.248 e. The molecule has 0 radical (unpaired) electrons. The number of aliphatic hydroxyl groups is 1. The van der Waals surface area contributed by atoms with Crippen LogP contribution in [0.1, 0.15) is 29.9 Å². The number of nitrogens with zero attached hydrogens (tertiary/aromatic N) is 4. The molecule has 6 nitrogen and oxygen atoms in total. The van der Waals surface area contributed by atoms with Crippen molar-refractivity contribution in [2.45, 2.75) is 32.6 Å². The molecule has 0 unspecified atom stereocenters. The molecule has 3 rings (SSSR count). The number of hydrogen-bond acceptors (Lipinski definition) is 5. The van der Waals surface area contributed by atoms with Crippen LogP contribution in [0.3, 0.4) is 0 Å². The zero-order valence-corrected chi connectivity index (χ0v) is 12.5. The van der Waals surface area contributed by atoms with Crippen LogP contribution in [0.25, 0.3) is 0 Å². The number of carbonyl (C=O) groups is 1. The number of rotatable bonds is 2. The summed E-state index contributed by atoms with van der Waals surface area (Å²) in [6.07, 6.45) is 4.52. The third-order valence-electron chi connectivity index (χ3n) is 4.34. The van der Waals surface area contributed by atoms with Crippen molar-refractivity contribution >= 4 is 11.7 Å². The van der Waals surface area contributed by atoms with Gasteiger partial charge in [0.05, 0.1) is 0 Å². The maximum absolute atomic E-state index is 11.5. The molecule has 0 saturated carbocycles. The number of fused-ring (bicyclic) bond motifs is 1. The molecule has 1 aliphatic carbocycles. The summed E-state index contributed by atoms with van der Waals surface area (Å²) in [4.78, 5) is 24.8. The molecule has 0 aromatic carbocycles. The number of amides is 1. The summed E-state index contributed by atoms with van der Waals surface area (Å²) in [6.45, 7) is 4.39. The van der Waals surface area contributed by atoms with E-state index in [0.717, 1.165) is 37.6 Å². The highest BCUT2D eigenvalue weighted by atomic mass is 16.3. The third kappa shape index (κ3) is 2.85. The largest absolute Gasteiger partial charge is 0.387 e. The fourth-order valence-electron chi connectivity index (χ4n) is 3.22. The van der Waals surface area contributed by atoms with Crippen LogP contribution in [0.2, 0.25) is 0 Å². The summed E-state index contributed by atoms with van der Waals surface area (Å²) in [6, 6.07) is 0. The van der Waals surface area contributed by atoms with Gasteiger partial charge in [-0.05, 0) is 32.6 Å². The Balaban J connectivity index is 1.79. The lowest BCUT2D eigenvalue weighted by atomic mass is 9.96. The number of aliphatic hydroxyl groups excluding tert-OH is 1. The standard InChI is InChI=1S/C15H22N4O2/c1-11-16-13-5-3-2-4-12(13)15(17-11)19-8-6-18(7-9-19)14(21)10-20/h20H,2-10H2,1H3. The molecule has 1 aromatic heterocycles. The molecule has 0 bridgehead atoms. The van der Waals surface area contributed by atoms with E-state index in [1.165, 1.54) is 24.1 Å². The van der Waals surface area contributed by atoms with Crippen LogP contribution in [-0.4, -0.2) is 58.7 Å². The second kappa shape index (κ2) is 5.97. The average Bonchev–Trinajstić information content (AvgIpc) is 2.53. The van der Waals surface area contributed by atoms with Crippen LogP contribution in [0.5, 0.6) is 0 Å². The Morgan fingerprint density at radius 2 is 1.86 bits per heavy atom. The molecule has 1 N–H and O–H groups in total. The minimum Gasteiger partial charge on any atom is -0.387 e. The van der Waals surface area contributed by atoms with Crippen molar-refractivity contribution < 1.29 is 9.90 Å². The summed E-state index contributed by atoms with van der Waals surface area (Å²) in [5.41, 5.74) is 2.51. The molecular formula is C15H22N4O2. The molecule has 6 heteroatoms. The minimum atomic E-state index is -0.401. The first-order valence-electron chi connectivity index (χ1n) is 7.69. The van der Waals surface area contributed by atoms with E-state index in [-0.39, 0.29) is 5.91 Å². The highest BCUT2D eigenvalue weighted by Gasteiger charge is 2.25. The van der Waals surface area contributed by atoms with Gasteiger partial charge in [-0.25, -0.2) is 9.97 Å². The van der Waals surface area contributed by atoms with Crippen LogP contribution in [0, 0.1) is 6.92 Å². The highest BCUT2D eigenvalue weighted by Crippen LogP contribution is 2.28. The maximum atomic E-state index is 11.5. The van der Waals surface area contributed by atoms with Crippen LogP contribution < -0.4 is 4.90 Å². The van der Waals surface area contributed by atoms with E-state index in [1.54, 1.807) is 4.90 Å². The molecule has 21 heavy (non-hydrogen) atoms. The van der Waals surface area contributed by atoms with E-state index in [4.69, 9.17) is 5.11 Å². The monoisotopic (exact) mass is 290 g/mol. The van der Waals surface area contributed by atoms with Gasteiger partial charge < -0.3 is 14.9 Å². The SMILES string of the molecule is Cc1nc2c(c(N3CCN(C(=O)CO)CC3)n1)CCCC2. The van der Waals surface area contributed by atoms with E-state index in [0.29, 0.717) is 13.1 Å². The summed E-state index contributed by atoms with van der Waals surface area (Å²) >= 11 is 0. The summed E-state index contributed by atoms with van der Waals surface area (Å²) in [7, 11) is 0. The van der Waals surface area contributed by atoms with Gasteiger partial charge in [-0.15, -0.1) is 0 Å². The van der Waals surface area contributed by atoms with Crippen molar-refractivity contribution in [3.63, 3.8) is 0 Å². The molecule has 0 spiro atoms. The van der Waals surface area contributed by atoms with Gasteiger partial charge in [0.25, 0.3) is 0 Å². The fourth-order valence-corrected chi connectivity index (χ4v) is 3.22. The molecule has 1 fully saturated rings. The normalized spacial score (nSPS) is 18.6. The van der Waals surface area contributed by atoms with Gasteiger partial charge in [0.15, 0.2) is 0 Å². The molecule has 1 amide bonds. The summed E-state index contributed by atoms with van der Waals surface area (Å²) in [5.74, 6) is 1.71. The lowest BCUT2D eigenvalue weighted by Gasteiger charge is -2.36. The van der Waals surface area contributed by atoms with Gasteiger partial charge in [0, 0.05) is 37.4 Å². The minimum absolute atomic E-state index is 0.185. The Morgan fingerprint density at radius 3 is 2.57 bits per heavy atom. The maximum Gasteiger partial charge on any atom is 0.248 e. The lowest BCUT2D eigenvalue weighted by molar-refractivity contribution is -0.134. The van der Waals surface area contributed by atoms with Gasteiger partial charge in [0.2, 0.25) is 5.91 Å². The van der Waals surface area contributed by atoms with Gasteiger partial charge in [-0.3, -0.25) is 4.79 Å². The Hall–Kier alpha value is -1.69. The summed E-state index contributed by atoms with van der Waals surface area (Å²) in [5, 5.41) is 8.94. The molecule has 0 atom stereocenters. The van der Waals surface area contributed by atoms with E-state index in [2.05, 4.69) is 14.9 Å². The van der Waals surface area contributed by atoms with Crippen molar-refractivity contribution in [3.05, 3.63) is 17.1 Å². The van der Waals surface area contributed by atoms with Crippen molar-refractivity contribution in [1.29, 1.82) is 0 Å². The first-order chi connectivity index (χ1) is 10.2. The molecule has 1 saturated heterocycles. The zero-order valence-electron chi connectivity index (χ0n) is 12.5. The number of aryl methyl sites for hydroxylation is 2. The number of anilines is 1. The number of aromatic nitrogens is 2. The zero-order chi connectivity index (χ0) is 14.8. The predicted octanol–water partition coefficient (Wildman–Crippen LogP) is 0.305. The highest BCUT2D eigenvalue weighted by molar-refractivity contribution is 5.77. The van der Waals surface area contributed by atoms with Crippen molar-refractivity contribution in [2.24, 2.45) is 0 Å². The van der Waals surface area contributed by atoms with E-state index < -0.39 is 6.61 Å². The van der Waals surface area contributed by atoms with Crippen molar-refractivity contribution in [3.8, 4) is 0 Å².